The Morgan fingerprint density at radius 3 is 2.53 bits per heavy atom. The van der Waals surface area contributed by atoms with Crippen LogP contribution in [-0.4, -0.2) is 57.3 Å². The predicted octanol–water partition coefficient (Wildman–Crippen LogP) is 3.08. The van der Waals surface area contributed by atoms with Crippen LogP contribution >= 0.6 is 0 Å². The average Bonchev–Trinajstić information content (AvgIpc) is 2.72. The first-order valence-electron chi connectivity index (χ1n) is 11.8. The zero-order chi connectivity index (χ0) is 24.1. The summed E-state index contributed by atoms with van der Waals surface area (Å²) in [6.45, 7) is 7.81. The Bertz CT molecular complexity index is 711. The smallest absolute Gasteiger partial charge is 0.311 e. The number of ether oxygens (including phenoxy) is 1. The minimum Gasteiger partial charge on any atom is -0.481 e. The monoisotopic (exact) mass is 452 g/mol. The van der Waals surface area contributed by atoms with Gasteiger partial charge in [0, 0.05) is 18.4 Å². The highest BCUT2D eigenvalue weighted by Crippen LogP contribution is 2.45. The Kier molecular flexibility index (Phi) is 9.49. The van der Waals surface area contributed by atoms with Crippen molar-refractivity contribution in [3.63, 3.8) is 0 Å². The van der Waals surface area contributed by atoms with Gasteiger partial charge in [0.2, 0.25) is 0 Å². The molecule has 0 saturated carbocycles. The highest BCUT2D eigenvalue weighted by atomic mass is 16.5. The lowest BCUT2D eigenvalue weighted by atomic mass is 9.65. The third kappa shape index (κ3) is 6.90. The van der Waals surface area contributed by atoms with Crippen molar-refractivity contribution in [2.24, 2.45) is 29.1 Å². The van der Waals surface area contributed by atoms with E-state index in [0.717, 1.165) is 5.57 Å². The highest BCUT2D eigenvalue weighted by Gasteiger charge is 2.43. The van der Waals surface area contributed by atoms with Crippen LogP contribution in [0.4, 0.5) is 0 Å². The fourth-order valence-electron chi connectivity index (χ4n) is 4.77. The third-order valence-electron chi connectivity index (χ3n) is 7.19. The van der Waals surface area contributed by atoms with Gasteiger partial charge in [0.15, 0.2) is 0 Å². The van der Waals surface area contributed by atoms with Gasteiger partial charge < -0.3 is 25.2 Å². The molecule has 0 spiro atoms. The zero-order valence-electron chi connectivity index (χ0n) is 19.7. The minimum atomic E-state index is -1.09. The van der Waals surface area contributed by atoms with E-state index in [9.17, 15) is 24.9 Å². The first-order chi connectivity index (χ1) is 15.0. The fraction of sp³-hybridized carbons (Fsp3) is 0.760. The van der Waals surface area contributed by atoms with Crippen molar-refractivity contribution >= 4 is 11.9 Å². The van der Waals surface area contributed by atoms with Crippen LogP contribution < -0.4 is 0 Å². The SMILES string of the molecule is CCC(C)(C)C(=O)O[C@H]1CC(CO)C=C2C=C[C@H](C)[C@H](CC[C@@H](O)C[C@@H](O)CC(=O)O)[C@@H]21. The van der Waals surface area contributed by atoms with Gasteiger partial charge >= 0.3 is 11.9 Å². The van der Waals surface area contributed by atoms with E-state index in [4.69, 9.17) is 9.84 Å². The number of allylic oxidation sites excluding steroid dienone is 2. The van der Waals surface area contributed by atoms with E-state index in [1.54, 1.807) is 0 Å². The molecular formula is C25H40O7. The van der Waals surface area contributed by atoms with Crippen LogP contribution in [0, 0.1) is 29.1 Å². The summed E-state index contributed by atoms with van der Waals surface area (Å²) >= 11 is 0. The quantitative estimate of drug-likeness (QED) is 0.355. The van der Waals surface area contributed by atoms with Crippen molar-refractivity contribution in [2.75, 3.05) is 6.61 Å². The number of hydrogen-bond acceptors (Lipinski definition) is 6. The second-order valence-corrected chi connectivity index (χ2v) is 10.2. The molecule has 0 radical (unpaired) electrons. The van der Waals surface area contributed by atoms with Gasteiger partial charge in [0.05, 0.1) is 24.0 Å². The number of rotatable bonds is 11. The molecule has 0 aromatic heterocycles. The molecule has 0 aliphatic heterocycles. The Balaban J connectivity index is 2.16. The molecule has 2 aliphatic rings. The van der Waals surface area contributed by atoms with E-state index < -0.39 is 23.6 Å². The molecule has 0 bridgehead atoms. The van der Waals surface area contributed by atoms with Gasteiger partial charge in [-0.1, -0.05) is 32.1 Å². The lowest BCUT2D eigenvalue weighted by Crippen LogP contribution is -2.43. The predicted molar refractivity (Wildman–Crippen MR) is 121 cm³/mol. The van der Waals surface area contributed by atoms with Gasteiger partial charge in [0.1, 0.15) is 6.10 Å². The molecule has 4 N–H and O–H groups in total. The van der Waals surface area contributed by atoms with Gasteiger partial charge in [-0.05, 0) is 63.4 Å². The van der Waals surface area contributed by atoms with E-state index in [-0.39, 0.29) is 55.2 Å². The zero-order valence-corrected chi connectivity index (χ0v) is 19.7. The molecular weight excluding hydrogens is 412 g/mol. The van der Waals surface area contributed by atoms with Crippen molar-refractivity contribution in [1.29, 1.82) is 0 Å². The normalized spacial score (nSPS) is 29.6. The lowest BCUT2D eigenvalue weighted by molar-refractivity contribution is -0.165. The molecule has 182 valence electrons. The second kappa shape index (κ2) is 11.4. The Hall–Kier alpha value is -1.70. The van der Waals surface area contributed by atoms with Crippen LogP contribution in [-0.2, 0) is 14.3 Å². The summed E-state index contributed by atoms with van der Waals surface area (Å²) in [5.74, 6) is -1.09. The molecule has 0 saturated heterocycles. The standard InChI is InChI=1S/C25H40O7/c1-5-25(3,4)24(31)32-21-11-16(14-26)10-17-7-6-15(2)20(23(17)21)9-8-18(27)12-19(28)13-22(29)30/h6-7,10,15-16,18-21,23,26-28H,5,8-9,11-14H2,1-4H3,(H,29,30)/t15-,16?,18+,19+,20-,21-,23+/m0/s1. The van der Waals surface area contributed by atoms with Crippen LogP contribution in [0.1, 0.15) is 66.2 Å². The number of hydrogen-bond donors (Lipinski definition) is 4. The van der Waals surface area contributed by atoms with Crippen molar-refractivity contribution in [3.05, 3.63) is 23.8 Å². The molecule has 0 heterocycles. The van der Waals surface area contributed by atoms with Crippen LogP contribution in [0.15, 0.2) is 23.8 Å². The minimum absolute atomic E-state index is 0.00428. The molecule has 1 unspecified atom stereocenters. The molecule has 2 aliphatic carbocycles. The number of carbonyl (C=O) groups excluding carboxylic acids is 1. The summed E-state index contributed by atoms with van der Waals surface area (Å²) in [6, 6.07) is 0. The summed E-state index contributed by atoms with van der Waals surface area (Å²) < 4.78 is 6.05. The molecule has 0 aromatic carbocycles. The number of carbonyl (C=O) groups is 2. The molecule has 0 amide bonds. The number of carboxylic acids is 1. The Labute approximate surface area is 191 Å². The first-order valence-corrected chi connectivity index (χ1v) is 11.8. The van der Waals surface area contributed by atoms with Gasteiger partial charge in [-0.3, -0.25) is 9.59 Å². The molecule has 7 atom stereocenters. The van der Waals surface area contributed by atoms with Crippen LogP contribution in [0.2, 0.25) is 0 Å². The summed E-state index contributed by atoms with van der Waals surface area (Å²) in [6.07, 6.45) is 5.97. The average molecular weight is 453 g/mol. The Morgan fingerprint density at radius 1 is 1.25 bits per heavy atom. The number of fused-ring (bicyclic) bond motifs is 1. The number of aliphatic carboxylic acids is 1. The molecule has 2 rings (SSSR count). The molecule has 7 nitrogen and oxygen atoms in total. The Morgan fingerprint density at radius 2 is 1.94 bits per heavy atom. The topological polar surface area (TPSA) is 124 Å². The second-order valence-electron chi connectivity index (χ2n) is 10.2. The van der Waals surface area contributed by atoms with Crippen LogP contribution in [0.5, 0.6) is 0 Å². The van der Waals surface area contributed by atoms with Crippen LogP contribution in [0.3, 0.4) is 0 Å². The van der Waals surface area contributed by atoms with E-state index >= 15 is 0 Å². The summed E-state index contributed by atoms with van der Waals surface area (Å²) in [7, 11) is 0. The summed E-state index contributed by atoms with van der Waals surface area (Å²) in [5.41, 5.74) is 0.476. The van der Waals surface area contributed by atoms with Crippen molar-refractivity contribution in [3.8, 4) is 0 Å². The number of aliphatic hydroxyl groups is 3. The van der Waals surface area contributed by atoms with Crippen molar-refractivity contribution < 1.29 is 34.8 Å². The van der Waals surface area contributed by atoms with E-state index in [0.29, 0.717) is 25.7 Å². The number of esters is 1. The lowest BCUT2D eigenvalue weighted by Gasteiger charge is -2.44. The molecule has 0 aromatic rings. The third-order valence-corrected chi connectivity index (χ3v) is 7.19. The maximum absolute atomic E-state index is 12.9. The van der Waals surface area contributed by atoms with E-state index in [1.807, 2.05) is 20.8 Å². The number of carboxylic acid groups (broad SMARTS) is 1. The van der Waals surface area contributed by atoms with Crippen LogP contribution in [0.25, 0.3) is 0 Å². The summed E-state index contributed by atoms with van der Waals surface area (Å²) in [4.78, 5) is 23.6. The maximum atomic E-state index is 12.9. The van der Waals surface area contributed by atoms with Gasteiger partial charge in [0.25, 0.3) is 0 Å². The molecule has 32 heavy (non-hydrogen) atoms. The van der Waals surface area contributed by atoms with Crippen molar-refractivity contribution in [2.45, 2.75) is 84.5 Å². The highest BCUT2D eigenvalue weighted by molar-refractivity contribution is 5.76. The molecule has 0 fully saturated rings. The largest absolute Gasteiger partial charge is 0.481 e. The number of aliphatic hydroxyl groups excluding tert-OH is 3. The van der Waals surface area contributed by atoms with Gasteiger partial charge in [-0.15, -0.1) is 0 Å². The summed E-state index contributed by atoms with van der Waals surface area (Å²) in [5, 5.41) is 38.8. The van der Waals surface area contributed by atoms with E-state index in [1.165, 1.54) is 0 Å². The maximum Gasteiger partial charge on any atom is 0.311 e. The van der Waals surface area contributed by atoms with Gasteiger partial charge in [-0.25, -0.2) is 0 Å². The fourth-order valence-corrected chi connectivity index (χ4v) is 4.77. The molecule has 7 heteroatoms. The van der Waals surface area contributed by atoms with Gasteiger partial charge in [-0.2, -0.15) is 0 Å². The van der Waals surface area contributed by atoms with Crippen molar-refractivity contribution in [1.82, 2.24) is 0 Å². The first kappa shape index (κ1) is 26.6. The van der Waals surface area contributed by atoms with E-state index in [2.05, 4.69) is 25.2 Å².